The molecule has 0 spiro atoms. The summed E-state index contributed by atoms with van der Waals surface area (Å²) in [4.78, 5) is 14.5. The lowest BCUT2D eigenvalue weighted by atomic mass is 10.0. The maximum Gasteiger partial charge on any atom is 0.149 e. The van der Waals surface area contributed by atoms with Gasteiger partial charge in [0.2, 0.25) is 0 Å². The van der Waals surface area contributed by atoms with Crippen LogP contribution in [0.2, 0.25) is 0 Å². The summed E-state index contributed by atoms with van der Waals surface area (Å²) in [5.41, 5.74) is 0. The third kappa shape index (κ3) is 3.31. The molecule has 2 nitrogen and oxygen atoms in total. The van der Waals surface area contributed by atoms with Crippen molar-refractivity contribution in [1.29, 1.82) is 0 Å². The highest BCUT2D eigenvalue weighted by Crippen LogP contribution is 2.26. The van der Waals surface area contributed by atoms with E-state index in [-0.39, 0.29) is 0 Å². The molecule has 0 aromatic rings. The van der Waals surface area contributed by atoms with Crippen LogP contribution in [0, 0.1) is 11.8 Å². The molecule has 0 aromatic heterocycles. The van der Waals surface area contributed by atoms with Gasteiger partial charge in [-0.15, -0.1) is 0 Å². The van der Waals surface area contributed by atoms with Gasteiger partial charge in [0.15, 0.2) is 0 Å². The first kappa shape index (κ1) is 12.1. The van der Waals surface area contributed by atoms with Gasteiger partial charge in [-0.3, -0.25) is 9.69 Å². The Balaban J connectivity index is 1.77. The van der Waals surface area contributed by atoms with Gasteiger partial charge in [0, 0.05) is 5.92 Å². The lowest BCUT2D eigenvalue weighted by Crippen LogP contribution is -2.33. The third-order valence-electron chi connectivity index (χ3n) is 4.30. The standard InChI is InChI=1S/C14H25NO/c1-12-5-4-9-15(10-8-12)11-14(16)13-6-2-3-7-13/h12-13H,2-11H2,1H3. The Morgan fingerprint density at radius 1 is 1.06 bits per heavy atom. The Morgan fingerprint density at radius 3 is 2.56 bits per heavy atom. The number of hydrogen-bond donors (Lipinski definition) is 0. The van der Waals surface area contributed by atoms with Crippen LogP contribution in [0.5, 0.6) is 0 Å². The molecule has 0 aromatic carbocycles. The van der Waals surface area contributed by atoms with Crippen molar-refractivity contribution < 1.29 is 4.79 Å². The average molecular weight is 223 g/mol. The highest BCUT2D eigenvalue weighted by molar-refractivity contribution is 5.83. The summed E-state index contributed by atoms with van der Waals surface area (Å²) in [6.07, 6.45) is 8.75. The van der Waals surface area contributed by atoms with Gasteiger partial charge in [-0.2, -0.15) is 0 Å². The first-order chi connectivity index (χ1) is 7.75. The van der Waals surface area contributed by atoms with E-state index in [4.69, 9.17) is 0 Å². The van der Waals surface area contributed by atoms with Crippen molar-refractivity contribution in [2.24, 2.45) is 11.8 Å². The molecule has 0 bridgehead atoms. The number of ketones is 1. The molecule has 2 heteroatoms. The van der Waals surface area contributed by atoms with Gasteiger partial charge >= 0.3 is 0 Å². The van der Waals surface area contributed by atoms with Crippen LogP contribution in [-0.4, -0.2) is 30.3 Å². The summed E-state index contributed by atoms with van der Waals surface area (Å²) in [6.45, 7) is 5.35. The van der Waals surface area contributed by atoms with Crippen molar-refractivity contribution in [2.75, 3.05) is 19.6 Å². The second-order valence-corrected chi connectivity index (χ2v) is 5.76. The minimum atomic E-state index is 0.403. The first-order valence-corrected chi connectivity index (χ1v) is 7.01. The molecule has 2 fully saturated rings. The Bertz CT molecular complexity index is 233. The van der Waals surface area contributed by atoms with Crippen LogP contribution < -0.4 is 0 Å². The van der Waals surface area contributed by atoms with Crippen molar-refractivity contribution in [3.05, 3.63) is 0 Å². The van der Waals surface area contributed by atoms with E-state index >= 15 is 0 Å². The summed E-state index contributed by atoms with van der Waals surface area (Å²) in [5, 5.41) is 0. The van der Waals surface area contributed by atoms with E-state index in [1.807, 2.05) is 0 Å². The van der Waals surface area contributed by atoms with Gasteiger partial charge in [0.25, 0.3) is 0 Å². The summed E-state index contributed by atoms with van der Waals surface area (Å²) < 4.78 is 0. The maximum absolute atomic E-state index is 12.1. The van der Waals surface area contributed by atoms with E-state index in [9.17, 15) is 4.79 Å². The van der Waals surface area contributed by atoms with Crippen molar-refractivity contribution in [1.82, 2.24) is 4.90 Å². The fraction of sp³-hybridized carbons (Fsp3) is 0.929. The molecule has 1 unspecified atom stereocenters. The Hall–Kier alpha value is -0.370. The largest absolute Gasteiger partial charge is 0.298 e. The molecule has 1 aliphatic carbocycles. The molecular weight excluding hydrogens is 198 g/mol. The highest BCUT2D eigenvalue weighted by Gasteiger charge is 2.24. The molecule has 0 radical (unpaired) electrons. The molecule has 2 aliphatic rings. The van der Waals surface area contributed by atoms with Crippen molar-refractivity contribution in [2.45, 2.75) is 51.9 Å². The van der Waals surface area contributed by atoms with Gasteiger partial charge in [0.1, 0.15) is 5.78 Å². The number of hydrogen-bond acceptors (Lipinski definition) is 2. The smallest absolute Gasteiger partial charge is 0.149 e. The Morgan fingerprint density at radius 2 is 1.81 bits per heavy atom. The van der Waals surface area contributed by atoms with Crippen molar-refractivity contribution in [3.8, 4) is 0 Å². The number of likely N-dealkylation sites (tertiary alicyclic amines) is 1. The summed E-state index contributed by atoms with van der Waals surface area (Å²) in [6, 6.07) is 0. The summed E-state index contributed by atoms with van der Waals surface area (Å²) in [7, 11) is 0. The number of rotatable bonds is 3. The first-order valence-electron chi connectivity index (χ1n) is 7.01. The second-order valence-electron chi connectivity index (χ2n) is 5.76. The van der Waals surface area contributed by atoms with Crippen LogP contribution in [0.4, 0.5) is 0 Å². The Labute approximate surface area is 99.4 Å². The zero-order valence-corrected chi connectivity index (χ0v) is 10.6. The molecule has 92 valence electrons. The molecule has 2 rings (SSSR count). The van der Waals surface area contributed by atoms with E-state index in [1.165, 1.54) is 32.1 Å². The molecule has 1 saturated heterocycles. The molecule has 1 heterocycles. The number of carbonyl (C=O) groups is 1. The van der Waals surface area contributed by atoms with E-state index in [0.29, 0.717) is 11.7 Å². The summed E-state index contributed by atoms with van der Waals surface area (Å²) in [5.74, 6) is 1.78. The van der Waals surface area contributed by atoms with Gasteiger partial charge in [-0.25, -0.2) is 0 Å². The number of nitrogens with zero attached hydrogens (tertiary/aromatic N) is 1. The van der Waals surface area contributed by atoms with E-state index in [1.54, 1.807) is 0 Å². The Kier molecular flexibility index (Phi) is 4.39. The molecule has 1 saturated carbocycles. The quantitative estimate of drug-likeness (QED) is 0.733. The number of carbonyl (C=O) groups excluding carboxylic acids is 1. The van der Waals surface area contributed by atoms with E-state index in [0.717, 1.165) is 38.4 Å². The SMILES string of the molecule is CC1CCCN(CC(=O)C2CCCC2)CC1. The topological polar surface area (TPSA) is 20.3 Å². The van der Waals surface area contributed by atoms with Gasteiger partial charge in [-0.1, -0.05) is 19.8 Å². The summed E-state index contributed by atoms with van der Waals surface area (Å²) >= 11 is 0. The predicted octanol–water partition coefficient (Wildman–Crippen LogP) is 2.87. The lowest BCUT2D eigenvalue weighted by molar-refractivity contribution is -0.123. The molecule has 0 N–H and O–H groups in total. The second kappa shape index (κ2) is 5.81. The van der Waals surface area contributed by atoms with Crippen LogP contribution in [0.3, 0.4) is 0 Å². The van der Waals surface area contributed by atoms with Crippen LogP contribution in [0.25, 0.3) is 0 Å². The van der Waals surface area contributed by atoms with Crippen molar-refractivity contribution in [3.63, 3.8) is 0 Å². The fourth-order valence-electron chi connectivity index (χ4n) is 3.08. The van der Waals surface area contributed by atoms with Crippen LogP contribution in [-0.2, 0) is 4.79 Å². The zero-order valence-electron chi connectivity index (χ0n) is 10.6. The predicted molar refractivity (Wildman–Crippen MR) is 66.4 cm³/mol. The van der Waals surface area contributed by atoms with Crippen molar-refractivity contribution >= 4 is 5.78 Å². The van der Waals surface area contributed by atoms with Gasteiger partial charge in [0.05, 0.1) is 6.54 Å². The average Bonchev–Trinajstić information content (AvgIpc) is 2.72. The van der Waals surface area contributed by atoms with E-state index in [2.05, 4.69) is 11.8 Å². The van der Waals surface area contributed by atoms with Crippen LogP contribution in [0.1, 0.15) is 51.9 Å². The van der Waals surface area contributed by atoms with Gasteiger partial charge in [-0.05, 0) is 51.1 Å². The lowest BCUT2D eigenvalue weighted by Gasteiger charge is -2.20. The molecule has 1 aliphatic heterocycles. The minimum Gasteiger partial charge on any atom is -0.298 e. The maximum atomic E-state index is 12.1. The van der Waals surface area contributed by atoms with Crippen LogP contribution >= 0.6 is 0 Å². The molecular formula is C14H25NO. The highest BCUT2D eigenvalue weighted by atomic mass is 16.1. The normalized spacial score (nSPS) is 29.2. The number of Topliss-reactive ketones (excluding diaryl/α,β-unsaturated/α-hetero) is 1. The monoisotopic (exact) mass is 223 g/mol. The minimum absolute atomic E-state index is 0.403. The molecule has 0 amide bonds. The zero-order chi connectivity index (χ0) is 11.4. The molecule has 1 atom stereocenters. The van der Waals surface area contributed by atoms with Gasteiger partial charge < -0.3 is 0 Å². The van der Waals surface area contributed by atoms with E-state index < -0.39 is 0 Å². The molecule has 16 heavy (non-hydrogen) atoms. The van der Waals surface area contributed by atoms with Crippen LogP contribution in [0.15, 0.2) is 0 Å². The third-order valence-corrected chi connectivity index (χ3v) is 4.30. The fourth-order valence-corrected chi connectivity index (χ4v) is 3.08.